The summed E-state index contributed by atoms with van der Waals surface area (Å²) in [4.78, 5) is 30.2. The number of rotatable bonds is 6. The maximum absolute atomic E-state index is 13.5. The van der Waals surface area contributed by atoms with Crippen LogP contribution in [0.15, 0.2) is 51.7 Å². The normalized spacial score (nSPS) is 12.1. The molecule has 2 aromatic carbocycles. The molecular formula is C28H25ClN4O5S. The standard InChI is InChI=1S/C28H25ClN4O5S/c1-14-11-19(17(4)31-22-9-10-23(29)32-24(22)28(35)33-39(5,36)37)27-20(12-14)25(34)16(3)26(38-27)18-8-6-7-15(2)21(18)13-30/h6-12,17,31H,1-5H3,(H,33,35)/t17-/m1/s1. The fraction of sp³-hybridized carbons (Fsp3) is 0.214. The van der Waals surface area contributed by atoms with E-state index in [9.17, 15) is 23.3 Å². The number of aryl methyl sites for hydroxylation is 2. The van der Waals surface area contributed by atoms with Crippen LogP contribution in [0.2, 0.25) is 5.15 Å². The van der Waals surface area contributed by atoms with Gasteiger partial charge in [-0.15, -0.1) is 0 Å². The molecule has 0 radical (unpaired) electrons. The lowest BCUT2D eigenvalue weighted by Gasteiger charge is -2.20. The van der Waals surface area contributed by atoms with Gasteiger partial charge in [0.15, 0.2) is 11.1 Å². The van der Waals surface area contributed by atoms with E-state index in [2.05, 4.69) is 16.4 Å². The largest absolute Gasteiger partial charge is 0.455 e. The molecule has 0 bridgehead atoms. The number of hydrogen-bond donors (Lipinski definition) is 2. The first kappa shape index (κ1) is 27.8. The highest BCUT2D eigenvalue weighted by Crippen LogP contribution is 2.34. The Morgan fingerprint density at radius 1 is 1.15 bits per heavy atom. The number of benzene rings is 2. The Labute approximate surface area is 230 Å². The average molecular weight is 565 g/mol. The summed E-state index contributed by atoms with van der Waals surface area (Å²) in [5, 5.41) is 13.3. The number of halogens is 1. The molecule has 0 spiro atoms. The third-order valence-electron chi connectivity index (χ3n) is 6.21. The van der Waals surface area contributed by atoms with Crippen LogP contribution < -0.4 is 15.5 Å². The van der Waals surface area contributed by atoms with E-state index in [4.69, 9.17) is 16.0 Å². The quantitative estimate of drug-likeness (QED) is 0.305. The number of fused-ring (bicyclic) bond motifs is 1. The van der Waals surface area contributed by atoms with Crippen molar-refractivity contribution in [2.45, 2.75) is 33.7 Å². The average Bonchev–Trinajstić information content (AvgIpc) is 2.85. The number of aromatic nitrogens is 1. The molecule has 4 rings (SSSR count). The van der Waals surface area contributed by atoms with Crippen LogP contribution in [0.25, 0.3) is 22.3 Å². The van der Waals surface area contributed by atoms with Gasteiger partial charge in [0, 0.05) is 16.7 Å². The zero-order chi connectivity index (χ0) is 28.6. The maximum atomic E-state index is 13.5. The third kappa shape index (κ3) is 5.65. The van der Waals surface area contributed by atoms with Crippen LogP contribution in [-0.4, -0.2) is 25.6 Å². The number of nitrogens with zero attached hydrogens (tertiary/aromatic N) is 2. The topological polar surface area (TPSA) is 142 Å². The van der Waals surface area contributed by atoms with Gasteiger partial charge < -0.3 is 9.73 Å². The van der Waals surface area contributed by atoms with Gasteiger partial charge in [0.2, 0.25) is 10.0 Å². The van der Waals surface area contributed by atoms with Crippen LogP contribution in [0.5, 0.6) is 0 Å². The molecule has 11 heteroatoms. The summed E-state index contributed by atoms with van der Waals surface area (Å²) in [5.41, 5.74) is 3.59. The Hall–Kier alpha value is -4.20. The first-order chi connectivity index (χ1) is 18.3. The van der Waals surface area contributed by atoms with Gasteiger partial charge in [-0.2, -0.15) is 5.26 Å². The highest BCUT2D eigenvalue weighted by atomic mass is 35.5. The van der Waals surface area contributed by atoms with Crippen molar-refractivity contribution in [3.8, 4) is 17.4 Å². The second-order valence-corrected chi connectivity index (χ2v) is 11.5. The zero-order valence-electron chi connectivity index (χ0n) is 21.8. The molecule has 4 aromatic rings. The monoisotopic (exact) mass is 564 g/mol. The molecule has 1 amide bonds. The third-order valence-corrected chi connectivity index (χ3v) is 6.98. The molecule has 2 heterocycles. The van der Waals surface area contributed by atoms with Crippen LogP contribution in [0.3, 0.4) is 0 Å². The van der Waals surface area contributed by atoms with Gasteiger partial charge in [0.1, 0.15) is 22.6 Å². The SMILES string of the molecule is Cc1cc([C@@H](C)Nc2ccc(Cl)nc2C(=O)NS(C)(=O)=O)c2oc(-c3cccc(C)c3C#N)c(C)c(=O)c2c1. The number of pyridine rings is 1. The molecule has 39 heavy (non-hydrogen) atoms. The fourth-order valence-corrected chi connectivity index (χ4v) is 4.99. The number of nitrogens with one attached hydrogen (secondary N) is 2. The Morgan fingerprint density at radius 3 is 2.54 bits per heavy atom. The van der Waals surface area contributed by atoms with Crippen molar-refractivity contribution in [1.82, 2.24) is 9.71 Å². The van der Waals surface area contributed by atoms with Gasteiger partial charge in [-0.3, -0.25) is 9.59 Å². The number of amides is 1. The first-order valence-electron chi connectivity index (χ1n) is 11.8. The Balaban J connectivity index is 1.89. The van der Waals surface area contributed by atoms with Crippen molar-refractivity contribution in [1.29, 1.82) is 5.26 Å². The van der Waals surface area contributed by atoms with Crippen molar-refractivity contribution in [2.24, 2.45) is 0 Å². The molecule has 2 N–H and O–H groups in total. The predicted octanol–water partition coefficient (Wildman–Crippen LogP) is 5.17. The molecule has 9 nitrogen and oxygen atoms in total. The van der Waals surface area contributed by atoms with Gasteiger partial charge in [0.05, 0.1) is 28.9 Å². The molecule has 1 atom stereocenters. The van der Waals surface area contributed by atoms with Gasteiger partial charge in [0.25, 0.3) is 5.91 Å². The summed E-state index contributed by atoms with van der Waals surface area (Å²) in [6, 6.07) is 13.6. The Morgan fingerprint density at radius 2 is 1.87 bits per heavy atom. The highest BCUT2D eigenvalue weighted by Gasteiger charge is 2.23. The summed E-state index contributed by atoms with van der Waals surface area (Å²) >= 11 is 5.99. The Kier molecular flexibility index (Phi) is 7.50. The molecular weight excluding hydrogens is 540 g/mol. The number of carbonyl (C=O) groups excluding carboxylic acids is 1. The van der Waals surface area contributed by atoms with E-state index < -0.39 is 22.0 Å². The van der Waals surface area contributed by atoms with Gasteiger partial charge in [-0.05, 0) is 63.1 Å². The van der Waals surface area contributed by atoms with Gasteiger partial charge in [-0.25, -0.2) is 18.1 Å². The van der Waals surface area contributed by atoms with Crippen molar-refractivity contribution < 1.29 is 17.6 Å². The number of sulfonamides is 1. The molecule has 0 aliphatic carbocycles. The smallest absolute Gasteiger partial charge is 0.285 e. The van der Waals surface area contributed by atoms with Gasteiger partial charge in [-0.1, -0.05) is 29.8 Å². The second kappa shape index (κ2) is 10.5. The van der Waals surface area contributed by atoms with Gasteiger partial charge >= 0.3 is 0 Å². The number of hydrogen-bond acceptors (Lipinski definition) is 8. The maximum Gasteiger partial charge on any atom is 0.285 e. The summed E-state index contributed by atoms with van der Waals surface area (Å²) < 4.78 is 31.6. The minimum Gasteiger partial charge on any atom is -0.455 e. The van der Waals surface area contributed by atoms with E-state index in [1.807, 2.05) is 30.7 Å². The molecule has 0 aliphatic rings. The predicted molar refractivity (Wildman–Crippen MR) is 150 cm³/mol. The Bertz CT molecular complexity index is 1860. The molecule has 2 aromatic heterocycles. The van der Waals surface area contributed by atoms with Crippen LogP contribution >= 0.6 is 11.6 Å². The van der Waals surface area contributed by atoms with Crippen LogP contribution in [-0.2, 0) is 10.0 Å². The molecule has 0 unspecified atom stereocenters. The molecule has 0 saturated heterocycles. The summed E-state index contributed by atoms with van der Waals surface area (Å²) in [6.45, 7) is 7.13. The highest BCUT2D eigenvalue weighted by molar-refractivity contribution is 7.89. The van der Waals surface area contributed by atoms with E-state index in [1.165, 1.54) is 12.1 Å². The van der Waals surface area contributed by atoms with Crippen LogP contribution in [0.1, 0.15) is 51.3 Å². The minimum absolute atomic E-state index is 0.00502. The van der Waals surface area contributed by atoms with Crippen LogP contribution in [0, 0.1) is 32.1 Å². The number of anilines is 1. The molecule has 0 fully saturated rings. The van der Waals surface area contributed by atoms with Crippen molar-refractivity contribution in [2.75, 3.05) is 11.6 Å². The van der Waals surface area contributed by atoms with E-state index in [-0.39, 0.29) is 22.0 Å². The molecule has 0 saturated carbocycles. The summed E-state index contributed by atoms with van der Waals surface area (Å²) in [5.74, 6) is -0.650. The zero-order valence-corrected chi connectivity index (χ0v) is 23.4. The van der Waals surface area contributed by atoms with E-state index in [0.717, 1.165) is 17.4 Å². The van der Waals surface area contributed by atoms with Crippen LogP contribution in [0.4, 0.5) is 5.69 Å². The first-order valence-corrected chi connectivity index (χ1v) is 14.1. The molecule has 0 aliphatic heterocycles. The fourth-order valence-electron chi connectivity index (χ4n) is 4.40. The van der Waals surface area contributed by atoms with Crippen molar-refractivity contribution in [3.63, 3.8) is 0 Å². The lowest BCUT2D eigenvalue weighted by Crippen LogP contribution is -2.31. The van der Waals surface area contributed by atoms with E-state index in [1.54, 1.807) is 32.0 Å². The lowest BCUT2D eigenvalue weighted by molar-refractivity contribution is 0.0977. The van der Waals surface area contributed by atoms with E-state index in [0.29, 0.717) is 39.0 Å². The summed E-state index contributed by atoms with van der Waals surface area (Å²) in [7, 11) is -3.85. The minimum atomic E-state index is -3.85. The van der Waals surface area contributed by atoms with E-state index >= 15 is 0 Å². The number of nitriles is 1. The lowest BCUT2D eigenvalue weighted by atomic mass is 9.96. The number of carbonyl (C=O) groups is 1. The van der Waals surface area contributed by atoms with Crippen molar-refractivity contribution >= 4 is 44.2 Å². The second-order valence-electron chi connectivity index (χ2n) is 9.32. The summed E-state index contributed by atoms with van der Waals surface area (Å²) in [6.07, 6.45) is 0.859. The molecule has 200 valence electrons. The van der Waals surface area contributed by atoms with Crippen molar-refractivity contribution in [3.05, 3.63) is 91.4 Å².